The molecule has 1 heterocycles. The molecule has 7 nitrogen and oxygen atoms in total. The molecule has 7 heteroatoms. The second kappa shape index (κ2) is 9.16. The number of ether oxygens (including phenoxy) is 1. The van der Waals surface area contributed by atoms with Gasteiger partial charge in [-0.3, -0.25) is 19.1 Å². The highest BCUT2D eigenvalue weighted by atomic mass is 16.5. The van der Waals surface area contributed by atoms with Crippen molar-refractivity contribution in [2.75, 3.05) is 5.32 Å². The first kappa shape index (κ1) is 22.1. The topological polar surface area (TPSA) is 82.3 Å². The number of carbonyl (C=O) groups is 2. The predicted molar refractivity (Wildman–Crippen MR) is 128 cm³/mol. The molecule has 3 aromatic carbocycles. The first-order valence-electron chi connectivity index (χ1n) is 10.7. The van der Waals surface area contributed by atoms with E-state index in [-0.39, 0.29) is 17.7 Å². The van der Waals surface area contributed by atoms with Gasteiger partial charge in [0.1, 0.15) is 5.69 Å². The third kappa shape index (κ3) is 4.43. The Hall–Kier alpha value is -4.13. The molecule has 1 aromatic heterocycles. The van der Waals surface area contributed by atoms with Crippen molar-refractivity contribution in [1.29, 1.82) is 0 Å². The molecule has 0 fully saturated rings. The molecule has 1 unspecified atom stereocenters. The number of nitrogens with one attached hydrogen (secondary N) is 1. The van der Waals surface area contributed by atoms with Crippen LogP contribution in [0.3, 0.4) is 0 Å². The minimum absolute atomic E-state index is 0.0458. The van der Waals surface area contributed by atoms with E-state index in [4.69, 9.17) is 4.74 Å². The van der Waals surface area contributed by atoms with Crippen LogP contribution in [0.4, 0.5) is 5.69 Å². The second-order valence-electron chi connectivity index (χ2n) is 7.87. The van der Waals surface area contributed by atoms with Gasteiger partial charge in [-0.1, -0.05) is 60.7 Å². The van der Waals surface area contributed by atoms with E-state index in [1.165, 1.54) is 11.6 Å². The van der Waals surface area contributed by atoms with E-state index in [0.29, 0.717) is 11.4 Å². The maximum absolute atomic E-state index is 13.0. The molecule has 4 aromatic rings. The Morgan fingerprint density at radius 2 is 1.64 bits per heavy atom. The van der Waals surface area contributed by atoms with Crippen LogP contribution in [0.25, 0.3) is 16.5 Å². The summed E-state index contributed by atoms with van der Waals surface area (Å²) in [5, 5.41) is 4.64. The van der Waals surface area contributed by atoms with Crippen LogP contribution in [0.2, 0.25) is 0 Å². The molecule has 0 radical (unpaired) electrons. The maximum Gasteiger partial charge on any atom is 0.311 e. The van der Waals surface area contributed by atoms with Gasteiger partial charge in [-0.2, -0.15) is 0 Å². The van der Waals surface area contributed by atoms with Gasteiger partial charge in [-0.25, -0.2) is 4.68 Å². The number of amides is 1. The van der Waals surface area contributed by atoms with Crippen LogP contribution < -0.4 is 10.9 Å². The van der Waals surface area contributed by atoms with Gasteiger partial charge < -0.3 is 10.1 Å². The predicted octanol–water partition coefficient (Wildman–Crippen LogP) is 3.75. The molecule has 1 amide bonds. The average Bonchev–Trinajstić information content (AvgIpc) is 3.02. The lowest BCUT2D eigenvalue weighted by atomic mass is 10.0. The molecule has 1 atom stereocenters. The van der Waals surface area contributed by atoms with Gasteiger partial charge in [-0.15, -0.1) is 0 Å². The highest BCUT2D eigenvalue weighted by Gasteiger charge is 2.23. The van der Waals surface area contributed by atoms with Gasteiger partial charge in [0.25, 0.3) is 11.5 Å². The van der Waals surface area contributed by atoms with E-state index in [9.17, 15) is 14.4 Å². The normalized spacial score (nSPS) is 11.8. The Labute approximate surface area is 191 Å². The Bertz CT molecular complexity index is 1380. The summed E-state index contributed by atoms with van der Waals surface area (Å²) in [5.41, 5.74) is 1.90. The monoisotopic (exact) mass is 443 g/mol. The zero-order valence-corrected chi connectivity index (χ0v) is 18.7. The summed E-state index contributed by atoms with van der Waals surface area (Å²) in [6.45, 7) is 3.23. The van der Waals surface area contributed by atoms with Crippen LogP contribution in [0.15, 0.2) is 77.6 Å². The largest absolute Gasteiger partial charge is 0.452 e. The SMILES string of the molecule is Cc1c(NC(=O)C(C)OC(=O)Cc2cccc3ccccc23)c(=O)n(-c2ccccc2)n1C. The third-order valence-electron chi connectivity index (χ3n) is 5.69. The number of anilines is 1. The lowest BCUT2D eigenvalue weighted by Gasteiger charge is -2.13. The third-order valence-corrected chi connectivity index (χ3v) is 5.69. The highest BCUT2D eigenvalue weighted by Crippen LogP contribution is 2.20. The molecule has 0 bridgehead atoms. The van der Waals surface area contributed by atoms with Crippen LogP contribution in [0, 0.1) is 6.92 Å². The first-order valence-corrected chi connectivity index (χ1v) is 10.7. The van der Waals surface area contributed by atoms with Crippen LogP contribution in [-0.4, -0.2) is 27.3 Å². The molecule has 0 spiro atoms. The van der Waals surface area contributed by atoms with E-state index < -0.39 is 18.0 Å². The fraction of sp³-hybridized carbons (Fsp3) is 0.192. The Morgan fingerprint density at radius 1 is 0.970 bits per heavy atom. The fourth-order valence-electron chi connectivity index (χ4n) is 3.83. The van der Waals surface area contributed by atoms with E-state index in [1.807, 2.05) is 72.8 Å². The summed E-state index contributed by atoms with van der Waals surface area (Å²) >= 11 is 0. The number of esters is 1. The molecule has 168 valence electrons. The van der Waals surface area contributed by atoms with Crippen LogP contribution >= 0.6 is 0 Å². The van der Waals surface area contributed by atoms with Gasteiger partial charge in [0.05, 0.1) is 17.8 Å². The number of hydrogen-bond donors (Lipinski definition) is 1. The molecule has 0 saturated heterocycles. The molecule has 0 aliphatic rings. The van der Waals surface area contributed by atoms with Crippen molar-refractivity contribution in [3.63, 3.8) is 0 Å². The molecule has 4 rings (SSSR count). The van der Waals surface area contributed by atoms with Crippen LogP contribution in [0.5, 0.6) is 0 Å². The molecular formula is C26H25N3O4. The van der Waals surface area contributed by atoms with Crippen molar-refractivity contribution in [2.24, 2.45) is 7.05 Å². The number of benzene rings is 3. The lowest BCUT2D eigenvalue weighted by molar-refractivity contribution is -0.152. The van der Waals surface area contributed by atoms with Crippen molar-refractivity contribution in [1.82, 2.24) is 9.36 Å². The Balaban J connectivity index is 1.47. The number of nitrogens with zero attached hydrogens (tertiary/aromatic N) is 2. The lowest BCUT2D eigenvalue weighted by Crippen LogP contribution is -2.32. The molecule has 0 aliphatic heterocycles. The summed E-state index contributed by atoms with van der Waals surface area (Å²) < 4.78 is 8.52. The number of para-hydroxylation sites is 1. The number of hydrogen-bond acceptors (Lipinski definition) is 4. The minimum Gasteiger partial charge on any atom is -0.452 e. The van der Waals surface area contributed by atoms with E-state index in [2.05, 4.69) is 5.32 Å². The average molecular weight is 444 g/mol. The van der Waals surface area contributed by atoms with E-state index in [1.54, 1.807) is 18.7 Å². The number of rotatable bonds is 6. The van der Waals surface area contributed by atoms with Gasteiger partial charge >= 0.3 is 5.97 Å². The van der Waals surface area contributed by atoms with Gasteiger partial charge in [0.2, 0.25) is 0 Å². The molecular weight excluding hydrogens is 418 g/mol. The van der Waals surface area contributed by atoms with E-state index >= 15 is 0 Å². The second-order valence-corrected chi connectivity index (χ2v) is 7.87. The summed E-state index contributed by atoms with van der Waals surface area (Å²) in [5.74, 6) is -1.08. The summed E-state index contributed by atoms with van der Waals surface area (Å²) in [7, 11) is 1.74. The Morgan fingerprint density at radius 3 is 2.39 bits per heavy atom. The standard InChI is InChI=1S/C26H25N3O4/c1-17-24(26(32)29(28(17)3)21-13-5-4-6-14-21)27-25(31)18(2)33-23(30)16-20-12-9-11-19-10-7-8-15-22(19)20/h4-15,18H,16H2,1-3H3,(H,27,31). The smallest absolute Gasteiger partial charge is 0.311 e. The molecule has 0 aliphatic carbocycles. The number of fused-ring (bicyclic) bond motifs is 1. The summed E-state index contributed by atoms with van der Waals surface area (Å²) in [4.78, 5) is 38.2. The van der Waals surface area contributed by atoms with Crippen LogP contribution in [-0.2, 0) is 27.8 Å². The van der Waals surface area contributed by atoms with E-state index in [0.717, 1.165) is 16.3 Å². The van der Waals surface area contributed by atoms with Gasteiger partial charge in [0.15, 0.2) is 6.10 Å². The zero-order valence-electron chi connectivity index (χ0n) is 18.7. The fourth-order valence-corrected chi connectivity index (χ4v) is 3.83. The molecule has 0 saturated carbocycles. The Kier molecular flexibility index (Phi) is 6.13. The summed E-state index contributed by atoms with van der Waals surface area (Å²) in [6.07, 6.45) is -1.01. The number of carbonyl (C=O) groups excluding carboxylic acids is 2. The van der Waals surface area contributed by atoms with Gasteiger partial charge in [-0.05, 0) is 42.3 Å². The van der Waals surface area contributed by atoms with Crippen molar-refractivity contribution in [3.8, 4) is 5.69 Å². The zero-order chi connectivity index (χ0) is 23.5. The van der Waals surface area contributed by atoms with Crippen molar-refractivity contribution in [2.45, 2.75) is 26.4 Å². The highest BCUT2D eigenvalue weighted by molar-refractivity contribution is 5.96. The molecule has 33 heavy (non-hydrogen) atoms. The molecule has 1 N–H and O–H groups in total. The minimum atomic E-state index is -1.06. The van der Waals surface area contributed by atoms with Crippen molar-refractivity contribution < 1.29 is 14.3 Å². The quantitative estimate of drug-likeness (QED) is 0.460. The van der Waals surface area contributed by atoms with Crippen LogP contribution in [0.1, 0.15) is 18.2 Å². The van der Waals surface area contributed by atoms with Crippen molar-refractivity contribution >= 4 is 28.3 Å². The van der Waals surface area contributed by atoms with Crippen molar-refractivity contribution in [3.05, 3.63) is 94.4 Å². The maximum atomic E-state index is 13.0. The summed E-state index contributed by atoms with van der Waals surface area (Å²) in [6, 6.07) is 22.7. The first-order chi connectivity index (χ1) is 15.9. The number of aromatic nitrogens is 2. The van der Waals surface area contributed by atoms with Gasteiger partial charge in [0, 0.05) is 7.05 Å².